The van der Waals surface area contributed by atoms with Gasteiger partial charge >= 0.3 is 6.03 Å². The number of carbonyl (C=O) groups excluding carboxylic acids is 3. The van der Waals surface area contributed by atoms with Gasteiger partial charge in [-0.15, -0.1) is 0 Å². The number of pyridine rings is 1. The summed E-state index contributed by atoms with van der Waals surface area (Å²) in [6.07, 6.45) is 2.29. The van der Waals surface area contributed by atoms with Crippen LogP contribution < -0.4 is 14.4 Å². The number of nitrogens with zero attached hydrogens (tertiary/aromatic N) is 5. The molecule has 2 unspecified atom stereocenters. The zero-order valence-electron chi connectivity index (χ0n) is 20.2. The highest BCUT2D eigenvalue weighted by Crippen LogP contribution is 2.44. The van der Waals surface area contributed by atoms with Gasteiger partial charge in [0.15, 0.2) is 11.5 Å². The maximum Gasteiger partial charge on any atom is 0.332 e. The Morgan fingerprint density at radius 1 is 1.14 bits per heavy atom. The Labute approximate surface area is 212 Å². The second-order valence-corrected chi connectivity index (χ2v) is 9.32. The second kappa shape index (κ2) is 8.48. The average Bonchev–Trinajstić information content (AvgIpc) is 3.59. The van der Waals surface area contributed by atoms with Gasteiger partial charge in [-0.1, -0.05) is 6.07 Å². The van der Waals surface area contributed by atoms with Crippen molar-refractivity contribution in [3.63, 3.8) is 0 Å². The Bertz CT molecular complexity index is 1510. The first-order chi connectivity index (χ1) is 18.0. The fraction of sp³-hybridized carbons (Fsp3) is 0.296. The fourth-order valence-electron chi connectivity index (χ4n) is 5.88. The molecule has 10 heteroatoms. The van der Waals surface area contributed by atoms with Gasteiger partial charge in [0, 0.05) is 18.1 Å². The topological polar surface area (TPSA) is 116 Å². The Morgan fingerprint density at radius 3 is 2.70 bits per heavy atom. The highest BCUT2D eigenvalue weighted by molar-refractivity contribution is 6.25. The van der Waals surface area contributed by atoms with E-state index in [9.17, 15) is 19.6 Å². The van der Waals surface area contributed by atoms with E-state index in [1.165, 1.54) is 4.90 Å². The number of carbonyl (C=O) groups is 3. The van der Waals surface area contributed by atoms with Crippen LogP contribution in [0.15, 0.2) is 48.7 Å². The summed E-state index contributed by atoms with van der Waals surface area (Å²) < 4.78 is 10.6. The summed E-state index contributed by atoms with van der Waals surface area (Å²) in [5.41, 5.74) is 1.97. The number of amides is 4. The standard InChI is InChI=1S/C27H23N5O5/c1-36-21-8-5-15(10-22(21)37-2)11-23(33)30-14-17-12-20(30)25-26(34)32(27(35)31(17)25)19-7-6-16(13-28)24-18(19)4-3-9-29-24/h3-10,17,20,25H,11-12,14H2,1-2H3/t17-,20?,25?/m1/s1. The first kappa shape index (κ1) is 22.8. The van der Waals surface area contributed by atoms with Crippen molar-refractivity contribution >= 4 is 34.4 Å². The van der Waals surface area contributed by atoms with Gasteiger partial charge < -0.3 is 19.3 Å². The Morgan fingerprint density at radius 2 is 1.95 bits per heavy atom. The minimum absolute atomic E-state index is 0.105. The summed E-state index contributed by atoms with van der Waals surface area (Å²) >= 11 is 0. The highest BCUT2D eigenvalue weighted by Gasteiger charge is 2.62. The SMILES string of the molecule is COc1ccc(CC(=O)N2C[C@H]3CC2C2C(=O)N(c4ccc(C#N)c5ncccc45)C(=O)N23)cc1OC. The van der Waals surface area contributed by atoms with E-state index in [-0.39, 0.29) is 30.3 Å². The number of nitriles is 1. The number of hydrogen-bond donors (Lipinski definition) is 0. The summed E-state index contributed by atoms with van der Waals surface area (Å²) in [5.74, 6) is 0.649. The van der Waals surface area contributed by atoms with E-state index >= 15 is 0 Å². The molecule has 4 heterocycles. The van der Waals surface area contributed by atoms with Crippen molar-refractivity contribution in [2.75, 3.05) is 25.7 Å². The normalized spacial score (nSPS) is 22.0. The molecule has 3 aliphatic rings. The van der Waals surface area contributed by atoms with E-state index in [4.69, 9.17) is 9.47 Å². The molecule has 0 N–H and O–H groups in total. The summed E-state index contributed by atoms with van der Waals surface area (Å²) in [7, 11) is 3.09. The largest absolute Gasteiger partial charge is 0.493 e. The number of benzene rings is 2. The fourth-order valence-corrected chi connectivity index (χ4v) is 5.88. The number of methoxy groups -OCH3 is 2. The van der Waals surface area contributed by atoms with Crippen LogP contribution in [-0.4, -0.2) is 71.5 Å². The zero-order chi connectivity index (χ0) is 25.8. The number of piperazine rings is 1. The van der Waals surface area contributed by atoms with Gasteiger partial charge in [-0.2, -0.15) is 5.26 Å². The molecule has 2 aromatic carbocycles. The molecule has 0 radical (unpaired) electrons. The van der Waals surface area contributed by atoms with Crippen molar-refractivity contribution in [1.82, 2.24) is 14.8 Å². The van der Waals surface area contributed by atoms with Gasteiger partial charge in [0.1, 0.15) is 12.1 Å². The smallest absolute Gasteiger partial charge is 0.332 e. The number of imide groups is 1. The first-order valence-corrected chi connectivity index (χ1v) is 11.9. The van der Waals surface area contributed by atoms with Gasteiger partial charge in [-0.25, -0.2) is 9.69 Å². The minimum atomic E-state index is -0.733. The summed E-state index contributed by atoms with van der Waals surface area (Å²) in [6, 6.07) is 12.3. The quantitative estimate of drug-likeness (QED) is 0.497. The minimum Gasteiger partial charge on any atom is -0.493 e. The van der Waals surface area contributed by atoms with Gasteiger partial charge in [0.2, 0.25) is 5.91 Å². The Kier molecular flexibility index (Phi) is 5.22. The maximum absolute atomic E-state index is 13.7. The molecule has 10 nitrogen and oxygen atoms in total. The number of hydrogen-bond acceptors (Lipinski definition) is 7. The number of fused-ring (bicyclic) bond motifs is 6. The third-order valence-corrected chi connectivity index (χ3v) is 7.50. The van der Waals surface area contributed by atoms with Crippen molar-refractivity contribution in [2.24, 2.45) is 0 Å². The van der Waals surface area contributed by atoms with Gasteiger partial charge in [-0.3, -0.25) is 14.6 Å². The van der Waals surface area contributed by atoms with Crippen LogP contribution in [0, 0.1) is 11.3 Å². The van der Waals surface area contributed by atoms with Crippen LogP contribution in [0.25, 0.3) is 10.9 Å². The summed E-state index contributed by atoms with van der Waals surface area (Å²) in [5, 5.41) is 10.0. The van der Waals surface area contributed by atoms with E-state index in [0.717, 1.165) is 5.56 Å². The lowest BCUT2D eigenvalue weighted by Crippen LogP contribution is -2.55. The third-order valence-electron chi connectivity index (χ3n) is 7.50. The molecule has 3 saturated heterocycles. The van der Waals surface area contributed by atoms with Crippen molar-refractivity contribution < 1.29 is 23.9 Å². The molecule has 4 amide bonds. The number of aromatic nitrogens is 1. The van der Waals surface area contributed by atoms with Crippen molar-refractivity contribution in [3.05, 3.63) is 59.8 Å². The van der Waals surface area contributed by atoms with E-state index in [2.05, 4.69) is 11.1 Å². The number of urea groups is 1. The van der Waals surface area contributed by atoms with Crippen LogP contribution in [0.5, 0.6) is 11.5 Å². The summed E-state index contributed by atoms with van der Waals surface area (Å²) in [6.45, 7) is 0.385. The Balaban J connectivity index is 1.27. The first-order valence-electron chi connectivity index (χ1n) is 11.9. The number of ether oxygens (including phenoxy) is 2. The lowest BCUT2D eigenvalue weighted by atomic mass is 10.1. The van der Waals surface area contributed by atoms with E-state index in [1.54, 1.807) is 66.6 Å². The van der Waals surface area contributed by atoms with Crippen LogP contribution in [0.1, 0.15) is 17.5 Å². The molecular weight excluding hydrogens is 474 g/mol. The van der Waals surface area contributed by atoms with Gasteiger partial charge in [0.25, 0.3) is 5.91 Å². The highest BCUT2D eigenvalue weighted by atomic mass is 16.5. The lowest BCUT2D eigenvalue weighted by molar-refractivity contribution is -0.135. The van der Waals surface area contributed by atoms with E-state index < -0.39 is 12.1 Å². The van der Waals surface area contributed by atoms with Crippen LogP contribution in [0.2, 0.25) is 0 Å². The molecule has 0 aliphatic carbocycles. The van der Waals surface area contributed by atoms with E-state index in [1.807, 2.05) is 6.07 Å². The molecular formula is C27H23N5O5. The van der Waals surface area contributed by atoms with Crippen molar-refractivity contribution in [2.45, 2.75) is 31.0 Å². The molecule has 3 aliphatic heterocycles. The lowest BCUT2D eigenvalue weighted by Gasteiger charge is -2.35. The maximum atomic E-state index is 13.7. The molecule has 186 valence electrons. The predicted molar refractivity (Wildman–Crippen MR) is 132 cm³/mol. The van der Waals surface area contributed by atoms with Crippen LogP contribution in [-0.2, 0) is 16.0 Å². The summed E-state index contributed by atoms with van der Waals surface area (Å²) in [4.78, 5) is 49.3. The van der Waals surface area contributed by atoms with Gasteiger partial charge in [0.05, 0.1) is 49.5 Å². The van der Waals surface area contributed by atoms with Gasteiger partial charge in [-0.05, 0) is 48.4 Å². The van der Waals surface area contributed by atoms with Crippen LogP contribution in [0.3, 0.4) is 0 Å². The van der Waals surface area contributed by atoms with Crippen LogP contribution in [0.4, 0.5) is 10.5 Å². The monoisotopic (exact) mass is 497 g/mol. The molecule has 6 rings (SSSR count). The molecule has 2 bridgehead atoms. The number of rotatable bonds is 5. The predicted octanol–water partition coefficient (Wildman–Crippen LogP) is 2.49. The molecule has 1 aromatic heterocycles. The van der Waals surface area contributed by atoms with E-state index in [0.29, 0.717) is 46.6 Å². The molecule has 3 atom stereocenters. The average molecular weight is 498 g/mol. The molecule has 3 aromatic rings. The number of likely N-dealkylation sites (tertiary alicyclic amines) is 1. The molecule has 0 saturated carbocycles. The van der Waals surface area contributed by atoms with Crippen molar-refractivity contribution in [3.8, 4) is 17.6 Å². The molecule has 37 heavy (non-hydrogen) atoms. The zero-order valence-corrected chi connectivity index (χ0v) is 20.2. The van der Waals surface area contributed by atoms with Crippen molar-refractivity contribution in [1.29, 1.82) is 5.26 Å². The Hall–Kier alpha value is -4.65. The molecule has 3 fully saturated rings. The second-order valence-electron chi connectivity index (χ2n) is 9.32. The number of anilines is 1. The third kappa shape index (κ3) is 3.31. The van der Waals surface area contributed by atoms with Crippen LogP contribution >= 0.6 is 0 Å². The molecule has 0 spiro atoms.